The fourth-order valence-corrected chi connectivity index (χ4v) is 3.50. The van der Waals surface area contributed by atoms with Crippen LogP contribution in [0, 0.1) is 5.92 Å². The molecule has 0 aromatic carbocycles. The summed E-state index contributed by atoms with van der Waals surface area (Å²) in [7, 11) is 0. The van der Waals surface area contributed by atoms with Crippen molar-refractivity contribution in [3.05, 3.63) is 0 Å². The van der Waals surface area contributed by atoms with E-state index in [2.05, 4.69) is 5.32 Å². The highest BCUT2D eigenvalue weighted by molar-refractivity contribution is 5.97. The lowest BCUT2D eigenvalue weighted by molar-refractivity contribution is -0.153. The summed E-state index contributed by atoms with van der Waals surface area (Å²) < 4.78 is 25.6. The topological polar surface area (TPSA) is 49.4 Å². The van der Waals surface area contributed by atoms with E-state index in [1.807, 2.05) is 6.92 Å². The molecule has 2 atom stereocenters. The van der Waals surface area contributed by atoms with Crippen LogP contribution >= 0.6 is 0 Å². The van der Waals surface area contributed by atoms with Crippen LogP contribution in [0.3, 0.4) is 0 Å². The van der Waals surface area contributed by atoms with Crippen LogP contribution in [0.2, 0.25) is 0 Å². The normalized spacial score (nSPS) is 28.1. The van der Waals surface area contributed by atoms with Gasteiger partial charge in [0.25, 0.3) is 6.43 Å². The Bertz CT molecular complexity index is 384. The molecule has 4 nitrogen and oxygen atoms in total. The largest absolute Gasteiger partial charge is 0.342 e. The number of nitrogens with zero attached hydrogens (tertiary/aromatic N) is 1. The van der Waals surface area contributed by atoms with Crippen LogP contribution in [0.15, 0.2) is 0 Å². The highest BCUT2D eigenvalue weighted by Crippen LogP contribution is 2.30. The van der Waals surface area contributed by atoms with Crippen molar-refractivity contribution >= 4 is 11.8 Å². The minimum atomic E-state index is -2.61. The molecule has 6 heteroatoms. The molecule has 1 N–H and O–H groups in total. The molecule has 1 heterocycles. The third-order valence-corrected chi connectivity index (χ3v) is 4.54. The number of rotatable bonds is 5. The number of carbonyl (C=O) groups is 2. The van der Waals surface area contributed by atoms with Gasteiger partial charge in [-0.1, -0.05) is 32.6 Å². The number of amides is 2. The van der Waals surface area contributed by atoms with Gasteiger partial charge in [0.15, 0.2) is 0 Å². The van der Waals surface area contributed by atoms with Crippen LogP contribution in [0.1, 0.15) is 51.9 Å². The van der Waals surface area contributed by atoms with E-state index in [4.69, 9.17) is 0 Å². The summed E-state index contributed by atoms with van der Waals surface area (Å²) in [6.07, 6.45) is 3.50. The van der Waals surface area contributed by atoms with Crippen LogP contribution in [0.4, 0.5) is 8.78 Å². The van der Waals surface area contributed by atoms with E-state index in [1.54, 1.807) is 0 Å². The average molecular weight is 302 g/mol. The van der Waals surface area contributed by atoms with Gasteiger partial charge in [-0.25, -0.2) is 8.78 Å². The molecule has 0 bridgehead atoms. The average Bonchev–Trinajstić information content (AvgIpc) is 2.47. The summed E-state index contributed by atoms with van der Waals surface area (Å²) in [5.41, 5.74) is 0. The van der Waals surface area contributed by atoms with Gasteiger partial charge in [-0.3, -0.25) is 9.59 Å². The Hall–Kier alpha value is -1.20. The van der Waals surface area contributed by atoms with Gasteiger partial charge in [0.1, 0.15) is 12.1 Å². The number of carbonyl (C=O) groups excluding carboxylic acids is 2. The minimum absolute atomic E-state index is 0.0953. The van der Waals surface area contributed by atoms with Gasteiger partial charge in [0, 0.05) is 0 Å². The highest BCUT2D eigenvalue weighted by atomic mass is 19.3. The van der Waals surface area contributed by atoms with Gasteiger partial charge in [-0.2, -0.15) is 0 Å². The number of hydrogen-bond acceptors (Lipinski definition) is 2. The zero-order valence-corrected chi connectivity index (χ0v) is 12.5. The van der Waals surface area contributed by atoms with Crippen molar-refractivity contribution < 1.29 is 18.4 Å². The first-order valence-electron chi connectivity index (χ1n) is 7.93. The fourth-order valence-electron chi connectivity index (χ4n) is 3.50. The van der Waals surface area contributed by atoms with E-state index in [0.29, 0.717) is 12.8 Å². The monoisotopic (exact) mass is 302 g/mol. The van der Waals surface area contributed by atoms with Crippen molar-refractivity contribution in [1.29, 1.82) is 0 Å². The molecule has 2 rings (SSSR count). The lowest BCUT2D eigenvalue weighted by Gasteiger charge is -2.42. The van der Waals surface area contributed by atoms with Crippen molar-refractivity contribution in [3.8, 4) is 0 Å². The second-order valence-electron chi connectivity index (χ2n) is 6.07. The fraction of sp³-hybridized carbons (Fsp3) is 0.867. The molecule has 21 heavy (non-hydrogen) atoms. The van der Waals surface area contributed by atoms with E-state index in [1.165, 1.54) is 0 Å². The van der Waals surface area contributed by atoms with Crippen molar-refractivity contribution in [3.63, 3.8) is 0 Å². The van der Waals surface area contributed by atoms with Gasteiger partial charge >= 0.3 is 0 Å². The second-order valence-corrected chi connectivity index (χ2v) is 6.07. The van der Waals surface area contributed by atoms with Gasteiger partial charge in [-0.05, 0) is 25.2 Å². The Morgan fingerprint density at radius 3 is 2.48 bits per heavy atom. The highest BCUT2D eigenvalue weighted by Gasteiger charge is 2.44. The van der Waals surface area contributed by atoms with Crippen molar-refractivity contribution in [2.45, 2.75) is 70.4 Å². The first-order valence-corrected chi connectivity index (χ1v) is 7.93. The Balaban J connectivity index is 2.15. The molecule has 1 aliphatic heterocycles. The van der Waals surface area contributed by atoms with E-state index < -0.39 is 25.1 Å². The SMILES string of the molecule is CCCC1C(=O)NC(C2CCCCC2)C(=O)N1CC(F)F. The molecule has 1 saturated heterocycles. The quantitative estimate of drug-likeness (QED) is 0.847. The Morgan fingerprint density at radius 2 is 1.90 bits per heavy atom. The van der Waals surface area contributed by atoms with Crippen LogP contribution in [0.5, 0.6) is 0 Å². The first kappa shape index (κ1) is 16.2. The summed E-state index contributed by atoms with van der Waals surface area (Å²) >= 11 is 0. The molecule has 0 aromatic heterocycles. The van der Waals surface area contributed by atoms with Crippen LogP contribution < -0.4 is 5.32 Å². The zero-order chi connectivity index (χ0) is 15.4. The molecule has 2 fully saturated rings. The van der Waals surface area contributed by atoms with Crippen LogP contribution in [-0.4, -0.2) is 41.8 Å². The minimum Gasteiger partial charge on any atom is -0.342 e. The molecular formula is C15H24F2N2O2. The molecule has 2 unspecified atom stereocenters. The summed E-state index contributed by atoms with van der Waals surface area (Å²) in [5, 5.41) is 2.80. The summed E-state index contributed by atoms with van der Waals surface area (Å²) in [5.74, 6) is -0.495. The maximum Gasteiger partial charge on any atom is 0.255 e. The zero-order valence-electron chi connectivity index (χ0n) is 12.5. The molecule has 1 saturated carbocycles. The standard InChI is InChI=1S/C15H24F2N2O2/c1-2-6-11-14(20)18-13(10-7-4-3-5-8-10)15(21)19(11)9-12(16)17/h10-13H,2-9H2,1H3,(H,18,20). The predicted molar refractivity (Wildman–Crippen MR) is 74.9 cm³/mol. The molecule has 2 amide bonds. The van der Waals surface area contributed by atoms with Gasteiger partial charge in [0.05, 0.1) is 6.54 Å². The Morgan fingerprint density at radius 1 is 1.24 bits per heavy atom. The number of piperazine rings is 1. The number of hydrogen-bond donors (Lipinski definition) is 1. The molecule has 120 valence electrons. The third-order valence-electron chi connectivity index (χ3n) is 4.54. The van der Waals surface area contributed by atoms with E-state index in [0.717, 1.165) is 37.0 Å². The van der Waals surface area contributed by atoms with Gasteiger partial charge in [0.2, 0.25) is 11.8 Å². The molecule has 0 radical (unpaired) electrons. The Labute approximate surface area is 124 Å². The molecule has 0 aromatic rings. The summed E-state index contributed by atoms with van der Waals surface area (Å²) in [4.78, 5) is 25.9. The van der Waals surface area contributed by atoms with Crippen molar-refractivity contribution in [1.82, 2.24) is 10.2 Å². The number of halogens is 2. The van der Waals surface area contributed by atoms with Crippen molar-refractivity contribution in [2.24, 2.45) is 5.92 Å². The van der Waals surface area contributed by atoms with Gasteiger partial charge in [-0.15, -0.1) is 0 Å². The van der Waals surface area contributed by atoms with E-state index >= 15 is 0 Å². The molecule has 2 aliphatic rings. The smallest absolute Gasteiger partial charge is 0.255 e. The molecule has 1 aliphatic carbocycles. The number of alkyl halides is 2. The Kier molecular flexibility index (Phi) is 5.53. The first-order chi connectivity index (χ1) is 10.0. The third kappa shape index (κ3) is 3.71. The number of nitrogens with one attached hydrogen (secondary N) is 1. The molecular weight excluding hydrogens is 278 g/mol. The summed E-state index contributed by atoms with van der Waals surface area (Å²) in [6, 6.07) is -1.35. The van der Waals surface area contributed by atoms with E-state index in [-0.39, 0.29) is 17.7 Å². The predicted octanol–water partition coefficient (Wildman–Crippen LogP) is 2.33. The summed E-state index contributed by atoms with van der Waals surface area (Å²) in [6.45, 7) is 1.24. The van der Waals surface area contributed by atoms with Gasteiger partial charge < -0.3 is 10.2 Å². The lowest BCUT2D eigenvalue weighted by atomic mass is 9.82. The molecule has 0 spiro atoms. The van der Waals surface area contributed by atoms with Crippen LogP contribution in [-0.2, 0) is 9.59 Å². The van der Waals surface area contributed by atoms with Crippen molar-refractivity contribution in [2.75, 3.05) is 6.54 Å². The maximum atomic E-state index is 12.8. The van der Waals surface area contributed by atoms with Crippen LogP contribution in [0.25, 0.3) is 0 Å². The lowest BCUT2D eigenvalue weighted by Crippen LogP contribution is -2.65. The van der Waals surface area contributed by atoms with E-state index in [9.17, 15) is 18.4 Å². The maximum absolute atomic E-state index is 12.8. The second kappa shape index (κ2) is 7.18.